The Morgan fingerprint density at radius 2 is 2.16 bits per heavy atom. The minimum absolute atomic E-state index is 0.140. The molecule has 2 heterocycles. The number of imidazole rings is 1. The molecule has 9 heteroatoms. The molecule has 0 radical (unpaired) electrons. The zero-order chi connectivity index (χ0) is 14.2. The summed E-state index contributed by atoms with van der Waals surface area (Å²) in [5, 5.41) is 3.48. The van der Waals surface area contributed by atoms with Gasteiger partial charge in [-0.05, 0) is 6.07 Å². The first kappa shape index (κ1) is 13.0. The topological polar surface area (TPSA) is 73.6 Å². The van der Waals surface area contributed by atoms with Gasteiger partial charge >= 0.3 is 12.1 Å². The van der Waals surface area contributed by atoms with Crippen molar-refractivity contribution in [3.8, 4) is 0 Å². The van der Waals surface area contributed by atoms with Crippen molar-refractivity contribution in [1.29, 1.82) is 0 Å². The molecule has 0 aliphatic rings. The van der Waals surface area contributed by atoms with Crippen molar-refractivity contribution in [3.63, 3.8) is 0 Å². The maximum absolute atomic E-state index is 12.7. The second-order valence-electron chi connectivity index (χ2n) is 3.47. The number of rotatable bonds is 2. The van der Waals surface area contributed by atoms with Gasteiger partial charge in [-0.2, -0.15) is 18.3 Å². The second-order valence-corrected chi connectivity index (χ2v) is 3.47. The van der Waals surface area contributed by atoms with Gasteiger partial charge in [0, 0.05) is 5.56 Å². The molecule has 6 nitrogen and oxygen atoms in total. The maximum atomic E-state index is 12.7. The number of aromatic nitrogens is 3. The number of ether oxygens (including phenoxy) is 1. The van der Waals surface area contributed by atoms with Gasteiger partial charge in [-0.1, -0.05) is 0 Å². The summed E-state index contributed by atoms with van der Waals surface area (Å²) in [4.78, 5) is 25.3. The number of esters is 1. The van der Waals surface area contributed by atoms with Gasteiger partial charge in [0.2, 0.25) is 5.82 Å². The van der Waals surface area contributed by atoms with Crippen LogP contribution in [0.5, 0.6) is 0 Å². The molecule has 0 aromatic carbocycles. The predicted molar refractivity (Wildman–Crippen MR) is 54.7 cm³/mol. The zero-order valence-corrected chi connectivity index (χ0v) is 9.43. The second kappa shape index (κ2) is 4.34. The monoisotopic (exact) mass is 273 g/mol. The number of carbonyl (C=O) groups is 2. The summed E-state index contributed by atoms with van der Waals surface area (Å²) in [6.45, 7) is 0. The normalized spacial score (nSPS) is 11.6. The SMILES string of the molecule is COC(=O)c1cc(C=O)c2cnc(C(F)(F)F)n2n1. The number of nitrogens with zero attached hydrogens (tertiary/aromatic N) is 3. The summed E-state index contributed by atoms with van der Waals surface area (Å²) < 4.78 is 42.8. The van der Waals surface area contributed by atoms with Crippen LogP contribution in [-0.4, -0.2) is 34.0 Å². The Morgan fingerprint density at radius 3 is 2.68 bits per heavy atom. The fourth-order valence-electron chi connectivity index (χ4n) is 1.49. The first-order chi connectivity index (χ1) is 8.88. The van der Waals surface area contributed by atoms with Crippen molar-refractivity contribution in [1.82, 2.24) is 14.6 Å². The van der Waals surface area contributed by atoms with Crippen LogP contribution >= 0.6 is 0 Å². The largest absolute Gasteiger partial charge is 0.464 e. The van der Waals surface area contributed by atoms with Crippen molar-refractivity contribution in [2.75, 3.05) is 7.11 Å². The molecule has 2 aromatic rings. The van der Waals surface area contributed by atoms with Gasteiger partial charge < -0.3 is 4.74 Å². The summed E-state index contributed by atoms with van der Waals surface area (Å²) in [6.07, 6.45) is -3.58. The minimum Gasteiger partial charge on any atom is -0.464 e. The van der Waals surface area contributed by atoms with Crippen LogP contribution < -0.4 is 0 Å². The first-order valence-corrected chi connectivity index (χ1v) is 4.88. The zero-order valence-electron chi connectivity index (χ0n) is 9.43. The van der Waals surface area contributed by atoms with Crippen molar-refractivity contribution >= 4 is 17.8 Å². The van der Waals surface area contributed by atoms with Crippen LogP contribution in [0.1, 0.15) is 26.7 Å². The van der Waals surface area contributed by atoms with Crippen LogP contribution in [0.25, 0.3) is 5.52 Å². The fraction of sp³-hybridized carbons (Fsp3) is 0.200. The lowest BCUT2D eigenvalue weighted by Crippen LogP contribution is -2.16. The van der Waals surface area contributed by atoms with E-state index in [-0.39, 0.29) is 11.1 Å². The summed E-state index contributed by atoms with van der Waals surface area (Å²) in [5.41, 5.74) is -0.700. The molecule has 0 aliphatic carbocycles. The third-order valence-corrected chi connectivity index (χ3v) is 2.31. The Kier molecular flexibility index (Phi) is 2.97. The maximum Gasteiger partial charge on any atom is 0.451 e. The Hall–Kier alpha value is -2.45. The van der Waals surface area contributed by atoms with Gasteiger partial charge in [-0.25, -0.2) is 14.3 Å². The van der Waals surface area contributed by atoms with Crippen LogP contribution in [0.15, 0.2) is 12.3 Å². The number of hydrogen-bond acceptors (Lipinski definition) is 5. The Balaban J connectivity index is 2.78. The molecular weight excluding hydrogens is 267 g/mol. The summed E-state index contributed by atoms with van der Waals surface area (Å²) in [5.74, 6) is -2.27. The van der Waals surface area contributed by atoms with Gasteiger partial charge in [0.15, 0.2) is 12.0 Å². The van der Waals surface area contributed by atoms with Gasteiger partial charge in [0.05, 0.1) is 18.8 Å². The van der Waals surface area contributed by atoms with E-state index in [0.29, 0.717) is 10.8 Å². The lowest BCUT2D eigenvalue weighted by Gasteiger charge is -2.06. The van der Waals surface area contributed by atoms with Crippen LogP contribution in [0.3, 0.4) is 0 Å². The Morgan fingerprint density at radius 1 is 1.47 bits per heavy atom. The molecule has 0 fully saturated rings. The van der Waals surface area contributed by atoms with E-state index in [1.165, 1.54) is 0 Å². The predicted octanol–water partition coefficient (Wildman–Crippen LogP) is 1.35. The number of fused-ring (bicyclic) bond motifs is 1. The minimum atomic E-state index is -4.76. The lowest BCUT2D eigenvalue weighted by molar-refractivity contribution is -0.146. The van der Waals surface area contributed by atoms with Crippen molar-refractivity contribution in [3.05, 3.63) is 29.3 Å². The highest BCUT2D eigenvalue weighted by Gasteiger charge is 2.37. The van der Waals surface area contributed by atoms with Crippen molar-refractivity contribution in [2.24, 2.45) is 0 Å². The van der Waals surface area contributed by atoms with Crippen molar-refractivity contribution < 1.29 is 27.5 Å². The highest BCUT2D eigenvalue weighted by atomic mass is 19.4. The highest BCUT2D eigenvalue weighted by Crippen LogP contribution is 2.28. The Bertz CT molecular complexity index is 663. The van der Waals surface area contributed by atoms with Crippen LogP contribution in [0.2, 0.25) is 0 Å². The number of carbonyl (C=O) groups excluding carboxylic acids is 2. The molecule has 0 unspecified atom stereocenters. The van der Waals surface area contributed by atoms with E-state index in [2.05, 4.69) is 14.8 Å². The number of hydrogen-bond donors (Lipinski definition) is 0. The molecule has 2 rings (SSSR count). The smallest absolute Gasteiger partial charge is 0.451 e. The summed E-state index contributed by atoms with van der Waals surface area (Å²) in [6, 6.07) is 1.04. The summed E-state index contributed by atoms with van der Waals surface area (Å²) in [7, 11) is 1.05. The van der Waals surface area contributed by atoms with E-state index in [0.717, 1.165) is 19.4 Å². The molecule has 19 heavy (non-hydrogen) atoms. The third-order valence-electron chi connectivity index (χ3n) is 2.31. The van der Waals surface area contributed by atoms with Gasteiger partial charge in [-0.15, -0.1) is 0 Å². The van der Waals surface area contributed by atoms with E-state index in [4.69, 9.17) is 0 Å². The average molecular weight is 273 g/mol. The van der Waals surface area contributed by atoms with Crippen LogP contribution in [-0.2, 0) is 10.9 Å². The van der Waals surface area contributed by atoms with E-state index >= 15 is 0 Å². The molecule has 0 atom stereocenters. The van der Waals surface area contributed by atoms with Gasteiger partial charge in [-0.3, -0.25) is 4.79 Å². The van der Waals surface area contributed by atoms with E-state index < -0.39 is 23.7 Å². The number of halogens is 3. The molecule has 0 saturated heterocycles. The molecule has 0 N–H and O–H groups in total. The summed E-state index contributed by atoms with van der Waals surface area (Å²) >= 11 is 0. The lowest BCUT2D eigenvalue weighted by atomic mass is 10.2. The van der Waals surface area contributed by atoms with Crippen LogP contribution in [0, 0.1) is 0 Å². The van der Waals surface area contributed by atoms with E-state index in [1.807, 2.05) is 0 Å². The Labute approximate surface area is 103 Å². The molecule has 0 saturated carbocycles. The van der Waals surface area contributed by atoms with Gasteiger partial charge in [0.1, 0.15) is 0 Å². The highest BCUT2D eigenvalue weighted by molar-refractivity contribution is 5.92. The third kappa shape index (κ3) is 2.14. The van der Waals surface area contributed by atoms with Crippen molar-refractivity contribution in [2.45, 2.75) is 6.18 Å². The molecule has 0 spiro atoms. The van der Waals surface area contributed by atoms with E-state index in [9.17, 15) is 22.8 Å². The molecule has 2 aromatic heterocycles. The fourth-order valence-corrected chi connectivity index (χ4v) is 1.49. The first-order valence-electron chi connectivity index (χ1n) is 4.88. The number of methoxy groups -OCH3 is 1. The standard InChI is InChI=1S/C10H6F3N3O3/c1-19-8(18)6-2-5(4-17)7-3-14-9(10(11,12)13)16(7)15-6/h2-4H,1H3. The molecule has 0 amide bonds. The number of alkyl halides is 3. The molecule has 100 valence electrons. The molecular formula is C10H6F3N3O3. The molecule has 0 aliphatic heterocycles. The van der Waals surface area contributed by atoms with Gasteiger partial charge in [0.25, 0.3) is 0 Å². The number of aldehydes is 1. The molecule has 0 bridgehead atoms. The quantitative estimate of drug-likeness (QED) is 0.610. The average Bonchev–Trinajstić information content (AvgIpc) is 2.80. The van der Waals surface area contributed by atoms with Crippen LogP contribution in [0.4, 0.5) is 13.2 Å². The van der Waals surface area contributed by atoms with E-state index in [1.54, 1.807) is 0 Å².